The van der Waals surface area contributed by atoms with Crippen molar-refractivity contribution >= 4 is 30.7 Å². The zero-order valence-corrected chi connectivity index (χ0v) is 18.1. The van der Waals surface area contributed by atoms with Crippen molar-refractivity contribution < 1.29 is 4.79 Å². The van der Waals surface area contributed by atoms with Gasteiger partial charge in [-0.3, -0.25) is 9.69 Å². The van der Waals surface area contributed by atoms with Crippen molar-refractivity contribution in [2.45, 2.75) is 51.6 Å². The van der Waals surface area contributed by atoms with Gasteiger partial charge in [-0.15, -0.1) is 24.8 Å². The number of likely N-dealkylation sites (tertiary alicyclic amines) is 1. The van der Waals surface area contributed by atoms with Crippen molar-refractivity contribution in [2.24, 2.45) is 5.92 Å². The van der Waals surface area contributed by atoms with Gasteiger partial charge in [-0.25, -0.2) is 0 Å². The smallest absolute Gasteiger partial charge is 0.226 e. The third-order valence-corrected chi connectivity index (χ3v) is 5.61. The Bertz CT molecular complexity index is 537. The van der Waals surface area contributed by atoms with Crippen LogP contribution in [0.2, 0.25) is 0 Å². The Morgan fingerprint density at radius 3 is 2.52 bits per heavy atom. The molecule has 0 aromatic heterocycles. The Morgan fingerprint density at radius 1 is 1.15 bits per heavy atom. The summed E-state index contributed by atoms with van der Waals surface area (Å²) in [4.78, 5) is 17.9. The lowest BCUT2D eigenvalue weighted by molar-refractivity contribution is -0.140. The first-order valence-corrected chi connectivity index (χ1v) is 10.1. The molecule has 2 heterocycles. The van der Waals surface area contributed by atoms with E-state index in [-0.39, 0.29) is 30.7 Å². The lowest BCUT2D eigenvalue weighted by atomic mass is 9.94. The van der Waals surface area contributed by atoms with Gasteiger partial charge < -0.3 is 10.2 Å². The molecular weight excluding hydrogens is 381 g/mol. The van der Waals surface area contributed by atoms with Gasteiger partial charge in [-0.1, -0.05) is 37.3 Å². The molecule has 1 N–H and O–H groups in total. The fourth-order valence-corrected chi connectivity index (χ4v) is 4.29. The summed E-state index contributed by atoms with van der Waals surface area (Å²) in [5.41, 5.74) is 1.37. The van der Waals surface area contributed by atoms with E-state index in [0.717, 1.165) is 65.0 Å². The highest BCUT2D eigenvalue weighted by Crippen LogP contribution is 2.23. The van der Waals surface area contributed by atoms with Crippen molar-refractivity contribution in [3.05, 3.63) is 35.9 Å². The Labute approximate surface area is 176 Å². The minimum Gasteiger partial charge on any atom is -0.338 e. The molecule has 0 bridgehead atoms. The minimum absolute atomic E-state index is 0. The fourth-order valence-electron chi connectivity index (χ4n) is 4.29. The van der Waals surface area contributed by atoms with Gasteiger partial charge in [0.2, 0.25) is 5.91 Å². The molecule has 1 aromatic rings. The van der Waals surface area contributed by atoms with Gasteiger partial charge in [0.05, 0.1) is 0 Å². The first kappa shape index (κ1) is 24.2. The molecule has 1 unspecified atom stereocenters. The number of carbonyl (C=O) groups excluding carboxylic acids is 1. The first-order chi connectivity index (χ1) is 12.3. The summed E-state index contributed by atoms with van der Waals surface area (Å²) in [7, 11) is 0. The van der Waals surface area contributed by atoms with E-state index < -0.39 is 0 Å². The van der Waals surface area contributed by atoms with Crippen LogP contribution in [0.15, 0.2) is 30.3 Å². The zero-order chi connectivity index (χ0) is 17.5. The number of rotatable bonds is 6. The summed E-state index contributed by atoms with van der Waals surface area (Å²) in [6.07, 6.45) is 5.39. The SMILES string of the molecule is CCCN(C(=O)C1CCNCC1)C1CCCN(Cc2ccccc2)C1.Cl.Cl. The largest absolute Gasteiger partial charge is 0.338 e. The molecule has 154 valence electrons. The van der Waals surface area contributed by atoms with Crippen LogP contribution in [0.5, 0.6) is 0 Å². The summed E-state index contributed by atoms with van der Waals surface area (Å²) in [5.74, 6) is 0.646. The Morgan fingerprint density at radius 2 is 1.85 bits per heavy atom. The maximum Gasteiger partial charge on any atom is 0.226 e. The quantitative estimate of drug-likeness (QED) is 0.768. The Kier molecular flexibility index (Phi) is 11.3. The van der Waals surface area contributed by atoms with Crippen LogP contribution in [-0.4, -0.2) is 54.5 Å². The van der Waals surface area contributed by atoms with Gasteiger partial charge in [0.15, 0.2) is 0 Å². The van der Waals surface area contributed by atoms with E-state index >= 15 is 0 Å². The van der Waals surface area contributed by atoms with Crippen LogP contribution >= 0.6 is 24.8 Å². The number of hydrogen-bond acceptors (Lipinski definition) is 3. The number of carbonyl (C=O) groups is 1. The molecule has 0 aliphatic carbocycles. The average Bonchev–Trinajstić information content (AvgIpc) is 2.67. The fraction of sp³-hybridized carbons (Fsp3) is 0.667. The maximum absolute atomic E-state index is 13.1. The molecule has 0 spiro atoms. The van der Waals surface area contributed by atoms with Crippen molar-refractivity contribution in [3.8, 4) is 0 Å². The van der Waals surface area contributed by atoms with Gasteiger partial charge >= 0.3 is 0 Å². The number of piperidine rings is 2. The van der Waals surface area contributed by atoms with Gasteiger partial charge in [-0.05, 0) is 57.3 Å². The highest BCUT2D eigenvalue weighted by Gasteiger charge is 2.32. The third-order valence-electron chi connectivity index (χ3n) is 5.61. The molecule has 1 aromatic carbocycles. The second-order valence-corrected chi connectivity index (χ2v) is 7.57. The lowest BCUT2D eigenvalue weighted by Crippen LogP contribution is -2.52. The van der Waals surface area contributed by atoms with Gasteiger partial charge in [0.1, 0.15) is 0 Å². The summed E-state index contributed by atoms with van der Waals surface area (Å²) in [6.45, 7) is 8.24. The van der Waals surface area contributed by atoms with Crippen LogP contribution in [0.3, 0.4) is 0 Å². The first-order valence-electron chi connectivity index (χ1n) is 10.1. The van der Waals surface area contributed by atoms with Crippen LogP contribution in [0.25, 0.3) is 0 Å². The van der Waals surface area contributed by atoms with E-state index in [9.17, 15) is 4.79 Å². The van der Waals surface area contributed by atoms with Crippen LogP contribution in [0.4, 0.5) is 0 Å². The molecule has 0 saturated carbocycles. The molecule has 6 heteroatoms. The predicted molar refractivity (Wildman–Crippen MR) is 117 cm³/mol. The van der Waals surface area contributed by atoms with E-state index in [1.807, 2.05) is 0 Å². The van der Waals surface area contributed by atoms with E-state index in [0.29, 0.717) is 11.9 Å². The van der Waals surface area contributed by atoms with Gasteiger partial charge in [0, 0.05) is 31.6 Å². The predicted octanol–water partition coefficient (Wildman–Crippen LogP) is 3.73. The van der Waals surface area contributed by atoms with Crippen molar-refractivity contribution in [1.82, 2.24) is 15.1 Å². The van der Waals surface area contributed by atoms with E-state index in [4.69, 9.17) is 0 Å². The molecule has 2 aliphatic heterocycles. The lowest BCUT2D eigenvalue weighted by Gasteiger charge is -2.41. The van der Waals surface area contributed by atoms with Crippen LogP contribution < -0.4 is 5.32 Å². The average molecular weight is 416 g/mol. The number of halogens is 2. The minimum atomic E-state index is 0. The number of amides is 1. The second kappa shape index (κ2) is 12.6. The zero-order valence-electron chi connectivity index (χ0n) is 16.4. The number of nitrogens with zero attached hydrogens (tertiary/aromatic N) is 2. The molecule has 2 saturated heterocycles. The topological polar surface area (TPSA) is 35.6 Å². The van der Waals surface area contributed by atoms with Gasteiger partial charge in [-0.2, -0.15) is 0 Å². The molecule has 4 nitrogen and oxygen atoms in total. The normalized spacial score (nSPS) is 21.0. The van der Waals surface area contributed by atoms with Crippen molar-refractivity contribution in [3.63, 3.8) is 0 Å². The Hall–Kier alpha value is -0.810. The van der Waals surface area contributed by atoms with E-state index in [1.165, 1.54) is 12.0 Å². The summed E-state index contributed by atoms with van der Waals surface area (Å²) >= 11 is 0. The molecule has 27 heavy (non-hydrogen) atoms. The molecule has 2 aliphatic rings. The molecular formula is C21H35Cl2N3O. The molecule has 1 atom stereocenters. The highest BCUT2D eigenvalue weighted by atomic mass is 35.5. The van der Waals surface area contributed by atoms with Crippen LogP contribution in [0, 0.1) is 5.92 Å². The van der Waals surface area contributed by atoms with Crippen LogP contribution in [-0.2, 0) is 11.3 Å². The number of nitrogens with one attached hydrogen (secondary N) is 1. The number of hydrogen-bond donors (Lipinski definition) is 1. The third kappa shape index (κ3) is 6.94. The van der Waals surface area contributed by atoms with E-state index in [1.54, 1.807) is 0 Å². The van der Waals surface area contributed by atoms with Crippen molar-refractivity contribution in [2.75, 3.05) is 32.7 Å². The second-order valence-electron chi connectivity index (χ2n) is 7.57. The monoisotopic (exact) mass is 415 g/mol. The summed E-state index contributed by atoms with van der Waals surface area (Å²) in [6, 6.07) is 11.1. The van der Waals surface area contributed by atoms with Crippen molar-refractivity contribution in [1.29, 1.82) is 0 Å². The molecule has 2 fully saturated rings. The summed E-state index contributed by atoms with van der Waals surface area (Å²) < 4.78 is 0. The molecule has 1 amide bonds. The van der Waals surface area contributed by atoms with Gasteiger partial charge in [0.25, 0.3) is 0 Å². The molecule has 3 rings (SSSR count). The van der Waals surface area contributed by atoms with E-state index in [2.05, 4.69) is 52.4 Å². The molecule has 0 radical (unpaired) electrons. The van der Waals surface area contributed by atoms with Crippen LogP contribution in [0.1, 0.15) is 44.6 Å². The Balaban J connectivity index is 0.00000182. The standard InChI is InChI=1S/C21H33N3O.2ClH/c1-2-14-24(21(25)19-10-12-22-13-11-19)20-9-6-15-23(17-20)16-18-7-4-3-5-8-18;;/h3-5,7-8,19-20,22H,2,6,9-17H2,1H3;2*1H. The summed E-state index contributed by atoms with van der Waals surface area (Å²) in [5, 5.41) is 3.38. The maximum atomic E-state index is 13.1. The number of benzene rings is 1. The highest BCUT2D eigenvalue weighted by molar-refractivity contribution is 5.85.